The van der Waals surface area contributed by atoms with Crippen LogP contribution in [0.1, 0.15) is 72.1 Å². The third-order valence-corrected chi connectivity index (χ3v) is 10.1. The number of hydrogen-bond donors (Lipinski definition) is 4. The van der Waals surface area contributed by atoms with Gasteiger partial charge in [0, 0.05) is 6.42 Å². The first-order valence-electron chi connectivity index (χ1n) is 11.7. The highest BCUT2D eigenvalue weighted by Crippen LogP contribution is 2.68. The molecule has 4 saturated carbocycles. The lowest BCUT2D eigenvalue weighted by Crippen LogP contribution is -2.62. The van der Waals surface area contributed by atoms with Gasteiger partial charge in [-0.15, -0.1) is 0 Å². The van der Waals surface area contributed by atoms with Crippen molar-refractivity contribution in [3.05, 3.63) is 6.42 Å². The van der Waals surface area contributed by atoms with E-state index >= 15 is 0 Å². The summed E-state index contributed by atoms with van der Waals surface area (Å²) in [7, 11) is 0. The van der Waals surface area contributed by atoms with Gasteiger partial charge in [0.05, 0.1) is 18.3 Å². The fourth-order valence-corrected chi connectivity index (χ4v) is 8.44. The van der Waals surface area contributed by atoms with Crippen molar-refractivity contribution in [3.63, 3.8) is 0 Å². The first-order valence-corrected chi connectivity index (χ1v) is 11.7. The van der Waals surface area contributed by atoms with E-state index in [1.807, 2.05) is 0 Å². The summed E-state index contributed by atoms with van der Waals surface area (Å²) in [5.41, 5.74) is -0.209. The molecule has 0 aromatic heterocycles. The number of aliphatic carboxylic acids is 1. The lowest BCUT2D eigenvalue weighted by atomic mass is 9.43. The maximum absolute atomic E-state index is 11.5. The number of carboxylic acids is 1. The van der Waals surface area contributed by atoms with Crippen LogP contribution >= 0.6 is 0 Å². The Morgan fingerprint density at radius 3 is 2.52 bits per heavy atom. The van der Waals surface area contributed by atoms with Crippen LogP contribution in [0.5, 0.6) is 0 Å². The maximum Gasteiger partial charge on any atom is 0.303 e. The summed E-state index contributed by atoms with van der Waals surface area (Å²) in [5.74, 6) is 0.790. The number of aliphatic hydroxyl groups excluding tert-OH is 3. The highest BCUT2D eigenvalue weighted by molar-refractivity contribution is 5.66. The van der Waals surface area contributed by atoms with Gasteiger partial charge in [-0.1, -0.05) is 20.8 Å². The highest BCUT2D eigenvalue weighted by atomic mass is 16.4. The zero-order valence-corrected chi connectivity index (χ0v) is 18.1. The Hall–Kier alpha value is -0.650. The molecule has 4 fully saturated rings. The Morgan fingerprint density at radius 1 is 1.10 bits per heavy atom. The topological polar surface area (TPSA) is 98.0 Å². The predicted octanol–water partition coefficient (Wildman–Crippen LogP) is 3.26. The Kier molecular flexibility index (Phi) is 5.57. The molecule has 4 aliphatic carbocycles. The van der Waals surface area contributed by atoms with Crippen molar-refractivity contribution in [2.75, 3.05) is 0 Å². The second-order valence-corrected chi connectivity index (χ2v) is 11.2. The molecular weight excluding hydrogens is 368 g/mol. The zero-order valence-electron chi connectivity index (χ0n) is 18.1. The molecule has 0 bridgehead atoms. The van der Waals surface area contributed by atoms with Crippen LogP contribution in [0.25, 0.3) is 0 Å². The first kappa shape index (κ1) is 21.6. The standard InChI is InChI=1S/C24H39O5/c1-13(4-7-21(28)29)16-5-6-17-22-18(12-20(27)24(16,17)3)23(2)9-8-15(25)10-14(23)11-19(22)26/h10,13-20,22,25-27H,4-9,11-12H2,1-3H3,(H,28,29)/t13?,14?,15-,16?,17+,18+,19-,20+,22+,23+,24-/m1/s1. The van der Waals surface area contributed by atoms with Gasteiger partial charge in [0.2, 0.25) is 0 Å². The summed E-state index contributed by atoms with van der Waals surface area (Å²) in [4.78, 5) is 11.1. The van der Waals surface area contributed by atoms with E-state index in [9.17, 15) is 20.1 Å². The van der Waals surface area contributed by atoms with Gasteiger partial charge in [-0.05, 0) is 97.7 Å². The SMILES string of the molecule is CC(CCC(=O)O)C1CC[C@H]2[C@@H]3[C@H](O)CC4[CH][C@H](O)CC[C@]4(C)[C@H]3C[C@H](O)[C@]12C. The van der Waals surface area contributed by atoms with E-state index in [1.165, 1.54) is 0 Å². The largest absolute Gasteiger partial charge is 0.481 e. The van der Waals surface area contributed by atoms with Crippen LogP contribution in [0.4, 0.5) is 0 Å². The monoisotopic (exact) mass is 407 g/mol. The molecule has 29 heavy (non-hydrogen) atoms. The number of aliphatic hydroxyl groups is 3. The van der Waals surface area contributed by atoms with Crippen molar-refractivity contribution in [3.8, 4) is 0 Å². The van der Waals surface area contributed by atoms with Gasteiger partial charge in [-0.3, -0.25) is 4.79 Å². The zero-order chi connectivity index (χ0) is 21.1. The van der Waals surface area contributed by atoms with Gasteiger partial charge in [0.25, 0.3) is 0 Å². The Morgan fingerprint density at radius 2 is 1.83 bits per heavy atom. The lowest BCUT2D eigenvalue weighted by Gasteiger charge is -2.63. The van der Waals surface area contributed by atoms with E-state index in [0.29, 0.717) is 18.8 Å². The fraction of sp³-hybridized carbons (Fsp3) is 0.917. The van der Waals surface area contributed by atoms with E-state index in [1.54, 1.807) is 0 Å². The van der Waals surface area contributed by atoms with E-state index in [2.05, 4.69) is 27.2 Å². The van der Waals surface area contributed by atoms with E-state index in [0.717, 1.165) is 32.1 Å². The van der Waals surface area contributed by atoms with Crippen molar-refractivity contribution < 1.29 is 25.2 Å². The van der Waals surface area contributed by atoms with Crippen LogP contribution in [0.3, 0.4) is 0 Å². The van der Waals surface area contributed by atoms with Gasteiger partial charge in [-0.2, -0.15) is 0 Å². The molecule has 4 rings (SSSR count). The summed E-state index contributed by atoms with van der Waals surface area (Å²) in [6.07, 6.45) is 6.91. The van der Waals surface area contributed by atoms with Gasteiger partial charge < -0.3 is 20.4 Å². The molecule has 5 heteroatoms. The van der Waals surface area contributed by atoms with Crippen molar-refractivity contribution in [1.29, 1.82) is 0 Å². The summed E-state index contributed by atoms with van der Waals surface area (Å²) in [6.45, 7) is 6.68. The molecule has 0 spiro atoms. The predicted molar refractivity (Wildman–Crippen MR) is 110 cm³/mol. The molecule has 0 heterocycles. The molecule has 3 unspecified atom stereocenters. The summed E-state index contributed by atoms with van der Waals surface area (Å²) in [6, 6.07) is 0. The Bertz CT molecular complexity index is 637. The van der Waals surface area contributed by atoms with Crippen LogP contribution in [0.15, 0.2) is 0 Å². The van der Waals surface area contributed by atoms with Crippen LogP contribution in [-0.4, -0.2) is 44.7 Å². The minimum Gasteiger partial charge on any atom is -0.481 e. The van der Waals surface area contributed by atoms with Gasteiger partial charge in [-0.25, -0.2) is 0 Å². The molecule has 0 aromatic rings. The first-order chi connectivity index (χ1) is 13.6. The maximum atomic E-state index is 11.5. The molecule has 4 aliphatic rings. The molecule has 165 valence electrons. The molecule has 4 N–H and O–H groups in total. The lowest BCUT2D eigenvalue weighted by molar-refractivity contribution is -0.198. The molecular formula is C24H39O5. The molecule has 0 amide bonds. The summed E-state index contributed by atoms with van der Waals surface area (Å²) < 4.78 is 0. The second kappa shape index (κ2) is 7.49. The number of carboxylic acid groups (broad SMARTS) is 1. The summed E-state index contributed by atoms with van der Waals surface area (Å²) in [5, 5.41) is 41.9. The van der Waals surface area contributed by atoms with Gasteiger partial charge >= 0.3 is 5.97 Å². The molecule has 5 nitrogen and oxygen atoms in total. The highest BCUT2D eigenvalue weighted by Gasteiger charge is 2.65. The second-order valence-electron chi connectivity index (χ2n) is 11.2. The van der Waals surface area contributed by atoms with E-state index < -0.39 is 12.1 Å². The third kappa shape index (κ3) is 3.27. The molecule has 0 aromatic carbocycles. The Labute approximate surface area is 174 Å². The number of fused-ring (bicyclic) bond motifs is 5. The van der Waals surface area contributed by atoms with Crippen LogP contribution in [0, 0.1) is 52.8 Å². The van der Waals surface area contributed by atoms with Crippen molar-refractivity contribution in [2.24, 2.45) is 46.3 Å². The summed E-state index contributed by atoms with van der Waals surface area (Å²) >= 11 is 0. The quantitative estimate of drug-likeness (QED) is 0.573. The molecule has 0 saturated heterocycles. The van der Waals surface area contributed by atoms with Gasteiger partial charge in [0.15, 0.2) is 0 Å². The average Bonchev–Trinajstić information content (AvgIpc) is 3.01. The van der Waals surface area contributed by atoms with Crippen LogP contribution < -0.4 is 0 Å². The van der Waals surface area contributed by atoms with Crippen molar-refractivity contribution in [2.45, 2.75) is 90.4 Å². The molecule has 0 aliphatic heterocycles. The van der Waals surface area contributed by atoms with Crippen molar-refractivity contribution in [1.82, 2.24) is 0 Å². The number of hydrogen-bond acceptors (Lipinski definition) is 4. The van der Waals surface area contributed by atoms with E-state index in [-0.39, 0.29) is 59.0 Å². The third-order valence-electron chi connectivity index (χ3n) is 10.1. The fourth-order valence-electron chi connectivity index (χ4n) is 8.44. The Balaban J connectivity index is 1.61. The molecule has 1 radical (unpaired) electrons. The minimum absolute atomic E-state index is 0.0401. The van der Waals surface area contributed by atoms with Crippen molar-refractivity contribution >= 4 is 5.97 Å². The van der Waals surface area contributed by atoms with Crippen LogP contribution in [0.2, 0.25) is 0 Å². The minimum atomic E-state index is -0.752. The smallest absolute Gasteiger partial charge is 0.303 e. The van der Waals surface area contributed by atoms with Crippen LogP contribution in [-0.2, 0) is 4.79 Å². The van der Waals surface area contributed by atoms with Gasteiger partial charge in [0.1, 0.15) is 0 Å². The number of carbonyl (C=O) groups is 1. The van der Waals surface area contributed by atoms with E-state index in [4.69, 9.17) is 5.11 Å². The number of rotatable bonds is 4. The molecule has 11 atom stereocenters. The normalized spacial score (nSPS) is 52.9. The average molecular weight is 408 g/mol.